The second-order valence-corrected chi connectivity index (χ2v) is 6.45. The van der Waals surface area contributed by atoms with Crippen LogP contribution in [0, 0.1) is 3.57 Å². The van der Waals surface area contributed by atoms with Gasteiger partial charge in [-0.1, -0.05) is 39.7 Å². The summed E-state index contributed by atoms with van der Waals surface area (Å²) in [5, 5.41) is 3.56. The Labute approximate surface area is 138 Å². The lowest BCUT2D eigenvalue weighted by atomic mass is 10.2. The fourth-order valence-electron chi connectivity index (χ4n) is 1.60. The first-order chi connectivity index (χ1) is 9.06. The van der Waals surface area contributed by atoms with E-state index in [2.05, 4.69) is 43.8 Å². The SMILES string of the molecule is O=C(NCc1cccc(Cl)c1)c1cc(Br)ccc1I. The number of amides is 1. The van der Waals surface area contributed by atoms with E-state index in [9.17, 15) is 4.79 Å². The molecule has 0 aliphatic rings. The molecule has 1 amide bonds. The van der Waals surface area contributed by atoms with Gasteiger partial charge in [-0.05, 0) is 58.5 Å². The Balaban J connectivity index is 2.07. The van der Waals surface area contributed by atoms with Crippen molar-refractivity contribution in [3.8, 4) is 0 Å². The van der Waals surface area contributed by atoms with Gasteiger partial charge in [0.1, 0.15) is 0 Å². The molecule has 0 saturated carbocycles. The lowest BCUT2D eigenvalue weighted by molar-refractivity contribution is 0.0950. The Morgan fingerprint density at radius 1 is 1.26 bits per heavy atom. The van der Waals surface area contributed by atoms with Crippen LogP contribution in [-0.4, -0.2) is 5.91 Å². The van der Waals surface area contributed by atoms with Gasteiger partial charge in [-0.15, -0.1) is 0 Å². The fourth-order valence-corrected chi connectivity index (χ4v) is 2.75. The molecule has 0 spiro atoms. The Morgan fingerprint density at radius 3 is 2.79 bits per heavy atom. The van der Waals surface area contributed by atoms with Gasteiger partial charge in [0, 0.05) is 19.6 Å². The van der Waals surface area contributed by atoms with Crippen molar-refractivity contribution in [2.24, 2.45) is 0 Å². The maximum atomic E-state index is 12.1. The van der Waals surface area contributed by atoms with Crippen LogP contribution in [0.2, 0.25) is 5.02 Å². The van der Waals surface area contributed by atoms with Gasteiger partial charge in [0.25, 0.3) is 5.91 Å². The van der Waals surface area contributed by atoms with Crippen LogP contribution in [0.25, 0.3) is 0 Å². The van der Waals surface area contributed by atoms with E-state index in [-0.39, 0.29) is 5.91 Å². The summed E-state index contributed by atoms with van der Waals surface area (Å²) in [5.41, 5.74) is 1.64. The predicted molar refractivity (Wildman–Crippen MR) is 89.5 cm³/mol. The Hall–Kier alpha value is -0.590. The number of rotatable bonds is 3. The monoisotopic (exact) mass is 449 g/mol. The van der Waals surface area contributed by atoms with E-state index < -0.39 is 0 Å². The van der Waals surface area contributed by atoms with Gasteiger partial charge in [-0.2, -0.15) is 0 Å². The van der Waals surface area contributed by atoms with Crippen molar-refractivity contribution < 1.29 is 4.79 Å². The average Bonchev–Trinajstić information content (AvgIpc) is 2.39. The molecule has 98 valence electrons. The highest BCUT2D eigenvalue weighted by molar-refractivity contribution is 14.1. The predicted octanol–water partition coefficient (Wildman–Crippen LogP) is 4.64. The molecule has 2 aromatic carbocycles. The first-order valence-corrected chi connectivity index (χ1v) is 7.79. The number of nitrogens with one attached hydrogen (secondary N) is 1. The molecule has 0 saturated heterocycles. The third-order valence-electron chi connectivity index (χ3n) is 2.52. The molecule has 0 radical (unpaired) electrons. The zero-order valence-corrected chi connectivity index (χ0v) is 14.3. The van der Waals surface area contributed by atoms with Crippen molar-refractivity contribution in [3.63, 3.8) is 0 Å². The van der Waals surface area contributed by atoms with Crippen LogP contribution in [0.3, 0.4) is 0 Å². The lowest BCUT2D eigenvalue weighted by Gasteiger charge is -2.08. The van der Waals surface area contributed by atoms with Gasteiger partial charge in [0.2, 0.25) is 0 Å². The van der Waals surface area contributed by atoms with Crippen molar-refractivity contribution in [3.05, 3.63) is 66.7 Å². The van der Waals surface area contributed by atoms with Crippen molar-refractivity contribution in [1.29, 1.82) is 0 Å². The van der Waals surface area contributed by atoms with Crippen LogP contribution in [0.4, 0.5) is 0 Å². The quantitative estimate of drug-likeness (QED) is 0.679. The summed E-state index contributed by atoms with van der Waals surface area (Å²) in [6, 6.07) is 13.1. The van der Waals surface area contributed by atoms with Gasteiger partial charge in [-0.3, -0.25) is 4.79 Å². The largest absolute Gasteiger partial charge is 0.348 e. The van der Waals surface area contributed by atoms with Crippen LogP contribution < -0.4 is 5.32 Å². The van der Waals surface area contributed by atoms with E-state index >= 15 is 0 Å². The van der Waals surface area contributed by atoms with Crippen LogP contribution in [0.5, 0.6) is 0 Å². The molecule has 2 nitrogen and oxygen atoms in total. The van der Waals surface area contributed by atoms with Gasteiger partial charge in [0.05, 0.1) is 5.56 Å². The summed E-state index contributed by atoms with van der Waals surface area (Å²) in [4.78, 5) is 12.1. The van der Waals surface area contributed by atoms with Gasteiger partial charge in [-0.25, -0.2) is 0 Å². The highest BCUT2D eigenvalue weighted by atomic mass is 127. The molecule has 0 fully saturated rings. The van der Waals surface area contributed by atoms with Crippen molar-refractivity contribution in [1.82, 2.24) is 5.32 Å². The minimum absolute atomic E-state index is 0.0920. The number of carbonyl (C=O) groups excluding carboxylic acids is 1. The highest BCUT2D eigenvalue weighted by Crippen LogP contribution is 2.18. The minimum atomic E-state index is -0.0920. The Morgan fingerprint density at radius 2 is 2.05 bits per heavy atom. The number of hydrogen-bond donors (Lipinski definition) is 1. The normalized spacial score (nSPS) is 10.3. The van der Waals surface area contributed by atoms with E-state index in [0.29, 0.717) is 17.1 Å². The van der Waals surface area contributed by atoms with Crippen LogP contribution >= 0.6 is 50.1 Å². The molecule has 0 aliphatic carbocycles. The molecule has 0 atom stereocenters. The first kappa shape index (κ1) is 14.8. The topological polar surface area (TPSA) is 29.1 Å². The second kappa shape index (κ2) is 6.72. The van der Waals surface area contributed by atoms with Gasteiger partial charge < -0.3 is 5.32 Å². The molecule has 2 aromatic rings. The van der Waals surface area contributed by atoms with Crippen molar-refractivity contribution in [2.45, 2.75) is 6.54 Å². The van der Waals surface area contributed by atoms with Gasteiger partial charge >= 0.3 is 0 Å². The minimum Gasteiger partial charge on any atom is -0.348 e. The van der Waals surface area contributed by atoms with Crippen LogP contribution in [0.15, 0.2) is 46.9 Å². The third-order valence-corrected chi connectivity index (χ3v) is 4.18. The molecule has 0 unspecified atom stereocenters. The molecule has 19 heavy (non-hydrogen) atoms. The zero-order chi connectivity index (χ0) is 13.8. The Bertz CT molecular complexity index is 618. The highest BCUT2D eigenvalue weighted by Gasteiger charge is 2.10. The van der Waals surface area contributed by atoms with Gasteiger partial charge in [0.15, 0.2) is 0 Å². The fraction of sp³-hybridized carbons (Fsp3) is 0.0714. The number of halogens is 3. The molecule has 0 bridgehead atoms. The van der Waals surface area contributed by atoms with E-state index in [4.69, 9.17) is 11.6 Å². The summed E-state index contributed by atoms with van der Waals surface area (Å²) in [7, 11) is 0. The smallest absolute Gasteiger partial charge is 0.252 e. The number of hydrogen-bond acceptors (Lipinski definition) is 1. The Kier molecular flexibility index (Phi) is 5.24. The average molecular weight is 451 g/mol. The summed E-state index contributed by atoms with van der Waals surface area (Å²) >= 11 is 11.4. The van der Waals surface area contributed by atoms with E-state index in [1.54, 1.807) is 0 Å². The number of benzene rings is 2. The van der Waals surface area contributed by atoms with Crippen LogP contribution in [-0.2, 0) is 6.54 Å². The maximum Gasteiger partial charge on any atom is 0.252 e. The molecule has 0 heterocycles. The van der Waals surface area contributed by atoms with E-state index in [1.165, 1.54) is 0 Å². The zero-order valence-electron chi connectivity index (χ0n) is 9.79. The van der Waals surface area contributed by atoms with Crippen molar-refractivity contribution in [2.75, 3.05) is 0 Å². The number of carbonyl (C=O) groups is 1. The molecular weight excluding hydrogens is 440 g/mol. The summed E-state index contributed by atoms with van der Waals surface area (Å²) in [5.74, 6) is -0.0920. The third kappa shape index (κ3) is 4.19. The summed E-state index contributed by atoms with van der Waals surface area (Å²) in [6.07, 6.45) is 0. The molecular formula is C14H10BrClINO. The standard InChI is InChI=1S/C14H10BrClINO/c15-10-4-5-13(17)12(7-10)14(19)18-8-9-2-1-3-11(16)6-9/h1-7H,8H2,(H,18,19). The van der Waals surface area contributed by atoms with Crippen LogP contribution in [0.1, 0.15) is 15.9 Å². The molecule has 2 rings (SSSR count). The summed E-state index contributed by atoms with van der Waals surface area (Å²) in [6.45, 7) is 0.460. The van der Waals surface area contributed by atoms with Crippen molar-refractivity contribution >= 4 is 56.0 Å². The van der Waals surface area contributed by atoms with E-state index in [1.807, 2.05) is 42.5 Å². The first-order valence-electron chi connectivity index (χ1n) is 5.54. The maximum absolute atomic E-state index is 12.1. The molecule has 0 aliphatic heterocycles. The molecule has 5 heteroatoms. The summed E-state index contributed by atoms with van der Waals surface area (Å²) < 4.78 is 1.81. The lowest BCUT2D eigenvalue weighted by Crippen LogP contribution is -2.23. The molecule has 0 aromatic heterocycles. The van der Waals surface area contributed by atoms with E-state index in [0.717, 1.165) is 13.6 Å². The molecule has 1 N–H and O–H groups in total. The second-order valence-electron chi connectivity index (χ2n) is 3.94.